The van der Waals surface area contributed by atoms with Crippen molar-refractivity contribution in [2.45, 2.75) is 50.7 Å². The molecule has 1 N–H and O–H groups in total. The van der Waals surface area contributed by atoms with Crippen LogP contribution in [0.5, 0.6) is 5.75 Å². The molecule has 1 aliphatic carbocycles. The van der Waals surface area contributed by atoms with Crippen LogP contribution in [0.1, 0.15) is 36.8 Å². The molecule has 3 aromatic rings. The highest BCUT2D eigenvalue weighted by Crippen LogP contribution is 2.24. The van der Waals surface area contributed by atoms with Crippen LogP contribution in [0.2, 0.25) is 0 Å². The van der Waals surface area contributed by atoms with Crippen LogP contribution in [0.15, 0.2) is 78.9 Å². The van der Waals surface area contributed by atoms with Gasteiger partial charge in [0.2, 0.25) is 11.8 Å². The maximum atomic E-state index is 14.3. The van der Waals surface area contributed by atoms with Crippen LogP contribution in [0.4, 0.5) is 10.1 Å². The number of anilines is 1. The first-order chi connectivity index (χ1) is 20.6. The quantitative estimate of drug-likeness (QED) is 0.314. The van der Waals surface area contributed by atoms with Crippen LogP contribution in [0.3, 0.4) is 0 Å². The highest BCUT2D eigenvalue weighted by molar-refractivity contribution is 7.90. The molecule has 4 rings (SSSR count). The van der Waals surface area contributed by atoms with Gasteiger partial charge in [-0.15, -0.1) is 0 Å². The molecule has 0 heterocycles. The number of nitrogens with zero attached hydrogens (tertiary/aromatic N) is 3. The first-order valence-electron chi connectivity index (χ1n) is 14.3. The zero-order chi connectivity index (χ0) is 31.0. The number of hydrogen-bond acceptors (Lipinski definition) is 5. The Morgan fingerprint density at radius 3 is 2.23 bits per heavy atom. The molecule has 0 bridgehead atoms. The monoisotopic (exact) mass is 610 g/mol. The van der Waals surface area contributed by atoms with E-state index in [0.717, 1.165) is 52.0 Å². The second-order valence-corrected chi connectivity index (χ2v) is 12.9. The van der Waals surface area contributed by atoms with Crippen LogP contribution in [0, 0.1) is 5.82 Å². The summed E-state index contributed by atoms with van der Waals surface area (Å²) in [5, 5.41) is 3.14. The zero-order valence-electron chi connectivity index (χ0n) is 24.8. The fourth-order valence-corrected chi connectivity index (χ4v) is 6.27. The normalized spacial score (nSPS) is 14.3. The van der Waals surface area contributed by atoms with Gasteiger partial charge in [0.15, 0.2) is 0 Å². The van der Waals surface area contributed by atoms with Gasteiger partial charge in [-0.3, -0.25) is 9.59 Å². The van der Waals surface area contributed by atoms with E-state index in [4.69, 9.17) is 4.74 Å². The molecular formula is C32H39FN4O5S. The smallest absolute Gasteiger partial charge is 0.304 e. The molecule has 1 aliphatic rings. The fourth-order valence-electron chi connectivity index (χ4n) is 5.21. The van der Waals surface area contributed by atoms with E-state index in [2.05, 4.69) is 5.32 Å². The molecule has 1 fully saturated rings. The Morgan fingerprint density at radius 1 is 0.953 bits per heavy atom. The van der Waals surface area contributed by atoms with Gasteiger partial charge in [0.1, 0.15) is 24.2 Å². The Labute approximate surface area is 253 Å². The number of hydrogen-bond donors (Lipinski definition) is 1. The lowest BCUT2D eigenvalue weighted by Crippen LogP contribution is -2.55. The second kappa shape index (κ2) is 14.5. The number of rotatable bonds is 13. The maximum absolute atomic E-state index is 14.3. The summed E-state index contributed by atoms with van der Waals surface area (Å²) in [5.41, 5.74) is 1.69. The topological polar surface area (TPSA) is 99.3 Å². The van der Waals surface area contributed by atoms with Gasteiger partial charge < -0.3 is 15.0 Å². The number of amides is 2. The van der Waals surface area contributed by atoms with Crippen molar-refractivity contribution in [1.82, 2.24) is 14.5 Å². The molecular weight excluding hydrogens is 571 g/mol. The van der Waals surface area contributed by atoms with Crippen molar-refractivity contribution in [3.8, 4) is 5.75 Å². The van der Waals surface area contributed by atoms with Crippen molar-refractivity contribution in [3.05, 3.63) is 95.8 Å². The van der Waals surface area contributed by atoms with Gasteiger partial charge in [0.05, 0.1) is 12.8 Å². The van der Waals surface area contributed by atoms with E-state index >= 15 is 0 Å². The van der Waals surface area contributed by atoms with Crippen LogP contribution < -0.4 is 14.4 Å². The predicted molar refractivity (Wildman–Crippen MR) is 164 cm³/mol. The van der Waals surface area contributed by atoms with E-state index in [1.807, 2.05) is 36.4 Å². The third-order valence-corrected chi connectivity index (χ3v) is 9.41. The molecule has 9 nitrogen and oxygen atoms in total. The van der Waals surface area contributed by atoms with Gasteiger partial charge in [0, 0.05) is 33.1 Å². The summed E-state index contributed by atoms with van der Waals surface area (Å²) in [6.45, 7) is -0.566. The minimum Gasteiger partial charge on any atom is -0.497 e. The van der Waals surface area contributed by atoms with E-state index in [0.29, 0.717) is 11.3 Å². The molecule has 1 saturated carbocycles. The summed E-state index contributed by atoms with van der Waals surface area (Å²) in [7, 11) is 0.0968. The Bertz CT molecular complexity index is 1480. The number of carbonyl (C=O) groups excluding carboxylic acids is 2. The standard InChI is InChI=1S/C32H39FN4O5S/c1-35(2)43(40,41)37(28-18-16-26(33)17-19-28)23-31(38)36(22-25-12-9-15-29(20-25)42-3)30(21-24-10-5-4-6-11-24)32(39)34-27-13-7-8-14-27/h4-6,9-12,15-20,27,30H,7-8,13-14,21-23H2,1-3H3,(H,34,39). The number of methoxy groups -OCH3 is 1. The van der Waals surface area contributed by atoms with Crippen molar-refractivity contribution in [2.24, 2.45) is 0 Å². The van der Waals surface area contributed by atoms with E-state index in [-0.39, 0.29) is 30.6 Å². The van der Waals surface area contributed by atoms with Gasteiger partial charge in [0.25, 0.3) is 0 Å². The minimum absolute atomic E-state index is 0.0179. The molecule has 43 heavy (non-hydrogen) atoms. The molecule has 1 unspecified atom stereocenters. The SMILES string of the molecule is COc1cccc(CN(C(=O)CN(c2ccc(F)cc2)S(=O)(=O)N(C)C)C(Cc2ccccc2)C(=O)NC2CCCC2)c1. The predicted octanol–water partition coefficient (Wildman–Crippen LogP) is 4.15. The van der Waals surface area contributed by atoms with E-state index in [9.17, 15) is 22.4 Å². The van der Waals surface area contributed by atoms with Crippen molar-refractivity contribution in [2.75, 3.05) is 32.1 Å². The molecule has 0 aliphatic heterocycles. The lowest BCUT2D eigenvalue weighted by atomic mass is 10.0. The molecule has 0 aromatic heterocycles. The van der Waals surface area contributed by atoms with E-state index in [1.54, 1.807) is 25.3 Å². The summed E-state index contributed by atoms with van der Waals surface area (Å²) >= 11 is 0. The average molecular weight is 611 g/mol. The maximum Gasteiger partial charge on any atom is 0.304 e. The van der Waals surface area contributed by atoms with Crippen molar-refractivity contribution in [3.63, 3.8) is 0 Å². The lowest BCUT2D eigenvalue weighted by Gasteiger charge is -2.35. The Hall–Kier alpha value is -3.96. The molecule has 3 aromatic carbocycles. The third kappa shape index (κ3) is 8.32. The van der Waals surface area contributed by atoms with Gasteiger partial charge >= 0.3 is 10.2 Å². The van der Waals surface area contributed by atoms with Crippen molar-refractivity contribution in [1.29, 1.82) is 0 Å². The molecule has 2 amide bonds. The molecule has 230 valence electrons. The van der Waals surface area contributed by atoms with Crippen LogP contribution in [-0.2, 0) is 32.8 Å². The number of halogens is 1. The van der Waals surface area contributed by atoms with Crippen LogP contribution >= 0.6 is 0 Å². The molecule has 0 radical (unpaired) electrons. The molecule has 0 spiro atoms. The lowest BCUT2D eigenvalue weighted by molar-refractivity contribution is -0.140. The molecule has 1 atom stereocenters. The van der Waals surface area contributed by atoms with E-state index in [1.165, 1.54) is 31.1 Å². The number of carbonyl (C=O) groups is 2. The van der Waals surface area contributed by atoms with Crippen molar-refractivity contribution >= 4 is 27.7 Å². The Balaban J connectivity index is 1.76. The minimum atomic E-state index is -4.16. The van der Waals surface area contributed by atoms with Gasteiger partial charge in [-0.05, 0) is 60.4 Å². The van der Waals surface area contributed by atoms with Crippen LogP contribution in [0.25, 0.3) is 0 Å². The van der Waals surface area contributed by atoms with Crippen molar-refractivity contribution < 1.29 is 27.1 Å². The van der Waals surface area contributed by atoms with Crippen LogP contribution in [-0.4, -0.2) is 69.3 Å². The Morgan fingerprint density at radius 2 is 1.60 bits per heavy atom. The Kier molecular flexibility index (Phi) is 10.8. The van der Waals surface area contributed by atoms with Gasteiger partial charge in [-0.25, -0.2) is 8.70 Å². The zero-order valence-corrected chi connectivity index (χ0v) is 25.6. The highest BCUT2D eigenvalue weighted by atomic mass is 32.2. The summed E-state index contributed by atoms with van der Waals surface area (Å²) in [4.78, 5) is 29.7. The summed E-state index contributed by atoms with van der Waals surface area (Å²) in [6.07, 6.45) is 4.01. The highest BCUT2D eigenvalue weighted by Gasteiger charge is 2.35. The first kappa shape index (κ1) is 32.0. The summed E-state index contributed by atoms with van der Waals surface area (Å²) in [6, 6.07) is 20.6. The first-order valence-corrected chi connectivity index (χ1v) is 15.7. The fraction of sp³-hybridized carbons (Fsp3) is 0.375. The summed E-state index contributed by atoms with van der Waals surface area (Å²) < 4.78 is 47.9. The second-order valence-electron chi connectivity index (χ2n) is 10.8. The average Bonchev–Trinajstić information content (AvgIpc) is 3.51. The van der Waals surface area contributed by atoms with E-state index < -0.39 is 34.5 Å². The van der Waals surface area contributed by atoms with Gasteiger partial charge in [-0.2, -0.15) is 12.7 Å². The number of benzene rings is 3. The third-order valence-electron chi connectivity index (χ3n) is 7.59. The number of ether oxygens (including phenoxy) is 1. The largest absolute Gasteiger partial charge is 0.497 e. The molecule has 0 saturated heterocycles. The molecule has 11 heteroatoms. The van der Waals surface area contributed by atoms with Gasteiger partial charge in [-0.1, -0.05) is 55.3 Å². The summed E-state index contributed by atoms with van der Waals surface area (Å²) in [5.74, 6) is -0.831. The number of nitrogens with one attached hydrogen (secondary N) is 1.